The van der Waals surface area contributed by atoms with Crippen LogP contribution in [0.4, 0.5) is 0 Å². The van der Waals surface area contributed by atoms with Crippen molar-refractivity contribution in [3.05, 3.63) is 55.9 Å². The number of halogens is 3. The number of rotatable bonds is 2. The Bertz CT molecular complexity index is 842. The Kier molecular flexibility index (Phi) is 3.78. The van der Waals surface area contributed by atoms with Crippen molar-refractivity contribution < 1.29 is 0 Å². The van der Waals surface area contributed by atoms with Gasteiger partial charge in [0.05, 0.1) is 10.0 Å². The fourth-order valence-electron chi connectivity index (χ4n) is 2.08. The van der Waals surface area contributed by atoms with Crippen molar-refractivity contribution in [3.8, 4) is 0 Å². The second kappa shape index (κ2) is 5.44. The first kappa shape index (κ1) is 14.6. The van der Waals surface area contributed by atoms with Gasteiger partial charge in [0.15, 0.2) is 16.6 Å². The van der Waals surface area contributed by atoms with Gasteiger partial charge >= 0.3 is 0 Å². The first-order valence-electron chi connectivity index (χ1n) is 6.28. The molecule has 0 fully saturated rings. The molecule has 0 spiro atoms. The minimum absolute atomic E-state index is 0.454. The number of hydrogen-bond donors (Lipinski definition) is 0. The Morgan fingerprint density at radius 2 is 1.76 bits per heavy atom. The second-order valence-electron chi connectivity index (χ2n) is 4.82. The van der Waals surface area contributed by atoms with Crippen molar-refractivity contribution in [1.29, 1.82) is 0 Å². The molecule has 0 atom stereocenters. The average molecular weight is 342 g/mol. The van der Waals surface area contributed by atoms with Gasteiger partial charge in [0.25, 0.3) is 0 Å². The standard InChI is InChI=1S/C14H11Cl3N4/c1-7-8(2)14-19-18-12(21(14)20-13(7)17)6-9-3-4-10(15)11(16)5-9/h3-5H,6H2,1-2H3. The molecular formula is C14H11Cl3N4. The van der Waals surface area contributed by atoms with Crippen LogP contribution in [0.25, 0.3) is 5.65 Å². The lowest BCUT2D eigenvalue weighted by molar-refractivity contribution is 0.831. The Morgan fingerprint density at radius 3 is 2.48 bits per heavy atom. The molecule has 0 unspecified atom stereocenters. The highest BCUT2D eigenvalue weighted by Crippen LogP contribution is 2.24. The van der Waals surface area contributed by atoms with E-state index in [1.54, 1.807) is 10.6 Å². The fraction of sp³-hybridized carbons (Fsp3) is 0.214. The van der Waals surface area contributed by atoms with Gasteiger partial charge < -0.3 is 0 Å². The molecule has 108 valence electrons. The molecule has 0 aliphatic carbocycles. The summed E-state index contributed by atoms with van der Waals surface area (Å²) >= 11 is 18.1. The van der Waals surface area contributed by atoms with Crippen LogP contribution in [0.3, 0.4) is 0 Å². The third-order valence-electron chi connectivity index (χ3n) is 3.45. The Hall–Kier alpha value is -1.36. The lowest BCUT2D eigenvalue weighted by Gasteiger charge is -2.05. The summed E-state index contributed by atoms with van der Waals surface area (Å²) in [6.45, 7) is 3.87. The molecule has 0 aliphatic rings. The van der Waals surface area contributed by atoms with Gasteiger partial charge in [-0.3, -0.25) is 0 Å². The van der Waals surface area contributed by atoms with Crippen LogP contribution in [0.1, 0.15) is 22.5 Å². The lowest BCUT2D eigenvalue weighted by atomic mass is 10.1. The van der Waals surface area contributed by atoms with E-state index in [9.17, 15) is 0 Å². The fourth-order valence-corrected chi connectivity index (χ4v) is 2.62. The zero-order valence-corrected chi connectivity index (χ0v) is 13.6. The minimum atomic E-state index is 0.454. The number of nitrogens with zero attached hydrogens (tertiary/aromatic N) is 4. The number of fused-ring (bicyclic) bond motifs is 1. The topological polar surface area (TPSA) is 43.1 Å². The molecular weight excluding hydrogens is 331 g/mol. The molecule has 0 saturated heterocycles. The predicted octanol–water partition coefficient (Wildman–Crippen LogP) is 4.29. The molecule has 2 aromatic heterocycles. The highest BCUT2D eigenvalue weighted by molar-refractivity contribution is 6.42. The molecule has 7 heteroatoms. The number of hydrogen-bond acceptors (Lipinski definition) is 3. The van der Waals surface area contributed by atoms with Gasteiger partial charge in [0.2, 0.25) is 0 Å². The van der Waals surface area contributed by atoms with Crippen molar-refractivity contribution in [2.75, 3.05) is 0 Å². The van der Waals surface area contributed by atoms with Gasteiger partial charge in [0, 0.05) is 12.0 Å². The maximum Gasteiger partial charge on any atom is 0.181 e. The number of aromatic nitrogens is 4. The number of aryl methyl sites for hydroxylation is 1. The Balaban J connectivity index is 2.07. The summed E-state index contributed by atoms with van der Waals surface area (Å²) in [5, 5.41) is 14.2. The van der Waals surface area contributed by atoms with Crippen LogP contribution in [0, 0.1) is 13.8 Å². The second-order valence-corrected chi connectivity index (χ2v) is 5.99. The van der Waals surface area contributed by atoms with Gasteiger partial charge in [-0.15, -0.1) is 10.2 Å². The Labute approximate surface area is 136 Å². The van der Waals surface area contributed by atoms with Crippen LogP contribution in [-0.2, 0) is 6.42 Å². The molecule has 0 bridgehead atoms. The lowest BCUT2D eigenvalue weighted by Crippen LogP contribution is -2.03. The van der Waals surface area contributed by atoms with E-state index in [4.69, 9.17) is 34.8 Å². The van der Waals surface area contributed by atoms with E-state index in [2.05, 4.69) is 15.3 Å². The highest BCUT2D eigenvalue weighted by Gasteiger charge is 2.14. The molecule has 2 heterocycles. The van der Waals surface area contributed by atoms with Gasteiger partial charge in [-0.25, -0.2) is 0 Å². The van der Waals surface area contributed by atoms with E-state index in [1.165, 1.54) is 0 Å². The van der Waals surface area contributed by atoms with E-state index in [-0.39, 0.29) is 0 Å². The molecule has 21 heavy (non-hydrogen) atoms. The highest BCUT2D eigenvalue weighted by atomic mass is 35.5. The normalized spacial score (nSPS) is 11.3. The molecule has 4 nitrogen and oxygen atoms in total. The maximum absolute atomic E-state index is 6.14. The third kappa shape index (κ3) is 2.59. The van der Waals surface area contributed by atoms with Crippen LogP contribution in [0.2, 0.25) is 15.2 Å². The van der Waals surface area contributed by atoms with E-state index in [0.29, 0.717) is 33.1 Å². The molecule has 0 radical (unpaired) electrons. The van der Waals surface area contributed by atoms with Crippen LogP contribution < -0.4 is 0 Å². The molecule has 0 saturated carbocycles. The number of benzene rings is 1. The van der Waals surface area contributed by atoms with Gasteiger partial charge in [0.1, 0.15) is 0 Å². The van der Waals surface area contributed by atoms with E-state index in [1.807, 2.05) is 26.0 Å². The van der Waals surface area contributed by atoms with Crippen LogP contribution in [-0.4, -0.2) is 19.8 Å². The van der Waals surface area contributed by atoms with Gasteiger partial charge in [-0.05, 0) is 37.1 Å². The van der Waals surface area contributed by atoms with Crippen LogP contribution >= 0.6 is 34.8 Å². The third-order valence-corrected chi connectivity index (χ3v) is 4.54. The van der Waals surface area contributed by atoms with E-state index >= 15 is 0 Å². The quantitative estimate of drug-likeness (QED) is 0.698. The van der Waals surface area contributed by atoms with Gasteiger partial charge in [-0.2, -0.15) is 9.61 Å². The van der Waals surface area contributed by atoms with E-state index < -0.39 is 0 Å². The zero-order valence-electron chi connectivity index (χ0n) is 11.4. The first-order chi connectivity index (χ1) is 9.97. The zero-order chi connectivity index (χ0) is 15.1. The predicted molar refractivity (Wildman–Crippen MR) is 84.5 cm³/mol. The molecule has 0 amide bonds. The van der Waals surface area contributed by atoms with Crippen molar-refractivity contribution >= 4 is 40.4 Å². The monoisotopic (exact) mass is 340 g/mol. The maximum atomic E-state index is 6.14. The smallest absolute Gasteiger partial charge is 0.181 e. The van der Waals surface area contributed by atoms with E-state index in [0.717, 1.165) is 16.7 Å². The first-order valence-corrected chi connectivity index (χ1v) is 7.41. The van der Waals surface area contributed by atoms with Gasteiger partial charge in [-0.1, -0.05) is 40.9 Å². The summed E-state index contributed by atoms with van der Waals surface area (Å²) < 4.78 is 1.67. The van der Waals surface area contributed by atoms with Crippen LogP contribution in [0.15, 0.2) is 18.2 Å². The summed E-state index contributed by atoms with van der Waals surface area (Å²) in [5.74, 6) is 0.702. The Morgan fingerprint density at radius 1 is 1.00 bits per heavy atom. The van der Waals surface area contributed by atoms with Crippen molar-refractivity contribution in [1.82, 2.24) is 19.8 Å². The molecule has 0 N–H and O–H groups in total. The van der Waals surface area contributed by atoms with Crippen LogP contribution in [0.5, 0.6) is 0 Å². The average Bonchev–Trinajstić information content (AvgIpc) is 2.83. The SMILES string of the molecule is Cc1c(Cl)nn2c(Cc3ccc(Cl)c(Cl)c3)nnc2c1C. The molecule has 1 aromatic carbocycles. The summed E-state index contributed by atoms with van der Waals surface area (Å²) in [7, 11) is 0. The van der Waals surface area contributed by atoms with Crippen molar-refractivity contribution in [2.45, 2.75) is 20.3 Å². The summed E-state index contributed by atoms with van der Waals surface area (Å²) in [4.78, 5) is 0. The summed E-state index contributed by atoms with van der Waals surface area (Å²) in [5.41, 5.74) is 3.59. The molecule has 0 aliphatic heterocycles. The molecule has 3 rings (SSSR count). The van der Waals surface area contributed by atoms with Crippen molar-refractivity contribution in [3.63, 3.8) is 0 Å². The minimum Gasteiger partial charge on any atom is -0.195 e. The largest absolute Gasteiger partial charge is 0.195 e. The summed E-state index contributed by atoms with van der Waals surface area (Å²) in [6.07, 6.45) is 0.546. The summed E-state index contributed by atoms with van der Waals surface area (Å²) in [6, 6.07) is 5.48. The van der Waals surface area contributed by atoms with Crippen molar-refractivity contribution in [2.24, 2.45) is 0 Å². The molecule has 3 aromatic rings.